The van der Waals surface area contributed by atoms with E-state index in [0.29, 0.717) is 0 Å². The summed E-state index contributed by atoms with van der Waals surface area (Å²) in [6, 6.07) is 9.99. The fourth-order valence-corrected chi connectivity index (χ4v) is 4.23. The Morgan fingerprint density at radius 3 is 1.98 bits per heavy atom. The number of methoxy groups -OCH3 is 1. The average molecular weight is 673 g/mol. The van der Waals surface area contributed by atoms with Gasteiger partial charge in [0.15, 0.2) is 11.5 Å². The van der Waals surface area contributed by atoms with Crippen LogP contribution in [0.5, 0.6) is 11.5 Å². The van der Waals surface area contributed by atoms with Crippen LogP contribution in [0, 0.1) is 6.92 Å². The van der Waals surface area contributed by atoms with Crippen LogP contribution in [0.3, 0.4) is 0 Å². The van der Waals surface area contributed by atoms with Gasteiger partial charge >= 0.3 is 24.6 Å². The van der Waals surface area contributed by atoms with Crippen LogP contribution in [-0.2, 0) is 5.67 Å². The predicted molar refractivity (Wildman–Crippen MR) is 136 cm³/mol. The number of carbonyl (C=O) groups is 2. The molecule has 6 nitrogen and oxygen atoms in total. The maximum absolute atomic E-state index is 14.6. The van der Waals surface area contributed by atoms with E-state index >= 15 is 0 Å². The molecule has 2 amide bonds. The van der Waals surface area contributed by atoms with Gasteiger partial charge in [-0.25, -0.2) is 4.39 Å². The Morgan fingerprint density at radius 1 is 0.857 bits per heavy atom. The minimum absolute atomic E-state index is 0.0182. The first-order chi connectivity index (χ1) is 19.4. The van der Waals surface area contributed by atoms with Gasteiger partial charge in [0, 0.05) is 15.6 Å². The molecule has 3 aromatic carbocycles. The highest BCUT2D eigenvalue weighted by Gasteiger charge is 2.73. The number of aryl methyl sites for hydroxylation is 1. The lowest BCUT2D eigenvalue weighted by molar-refractivity contribution is -0.348. The summed E-state index contributed by atoms with van der Waals surface area (Å²) in [5.74, 6) is -3.43. The van der Waals surface area contributed by atoms with Crippen molar-refractivity contribution in [2.45, 2.75) is 31.6 Å². The number of alkyl halides is 9. The second-order valence-corrected chi connectivity index (χ2v) is 9.38. The van der Waals surface area contributed by atoms with E-state index in [9.17, 15) is 49.1 Å². The van der Waals surface area contributed by atoms with Crippen molar-refractivity contribution in [1.29, 1.82) is 0 Å². The molecule has 0 saturated carbocycles. The minimum atomic E-state index is -6.55. The van der Waals surface area contributed by atoms with Crippen molar-refractivity contribution in [3.63, 3.8) is 0 Å². The first kappa shape index (κ1) is 32.6. The van der Waals surface area contributed by atoms with Crippen molar-refractivity contribution in [3.05, 3.63) is 81.3 Å². The lowest BCUT2D eigenvalue weighted by Crippen LogP contribution is -2.50. The lowest BCUT2D eigenvalue weighted by Gasteiger charge is -2.31. The third-order valence-electron chi connectivity index (χ3n) is 5.71. The first-order valence-electron chi connectivity index (χ1n) is 11.4. The third-order valence-corrected chi connectivity index (χ3v) is 6.34. The molecule has 0 heterocycles. The van der Waals surface area contributed by atoms with E-state index in [2.05, 4.69) is 26.0 Å². The van der Waals surface area contributed by atoms with Gasteiger partial charge in [-0.15, -0.1) is 0 Å². The normalized spacial score (nSPS) is 12.2. The second kappa shape index (κ2) is 12.1. The summed E-state index contributed by atoms with van der Waals surface area (Å²) >= 11 is 2.60. The Labute approximate surface area is 239 Å². The maximum atomic E-state index is 14.6. The number of ether oxygens (including phenoxy) is 2. The number of carbonyl (C=O) groups excluding carboxylic acids is 2. The topological polar surface area (TPSA) is 76.7 Å². The van der Waals surface area contributed by atoms with Gasteiger partial charge in [-0.3, -0.25) is 9.59 Å². The molecule has 2 N–H and O–H groups in total. The Kier molecular flexibility index (Phi) is 9.39. The van der Waals surface area contributed by atoms with E-state index in [1.54, 1.807) is 19.1 Å². The van der Waals surface area contributed by atoms with Crippen molar-refractivity contribution in [1.82, 2.24) is 0 Å². The molecule has 3 aromatic rings. The maximum Gasteiger partial charge on any atom is 0.435 e. The van der Waals surface area contributed by atoms with Crippen LogP contribution in [0.1, 0.15) is 31.8 Å². The molecule has 0 atom stereocenters. The minimum Gasteiger partial charge on any atom is -0.494 e. The van der Waals surface area contributed by atoms with Crippen molar-refractivity contribution in [2.24, 2.45) is 0 Å². The Morgan fingerprint density at radius 2 is 1.45 bits per heavy atom. The zero-order valence-corrected chi connectivity index (χ0v) is 22.8. The number of anilines is 2. The highest BCUT2D eigenvalue weighted by atomic mass is 79.9. The van der Waals surface area contributed by atoms with Crippen molar-refractivity contribution in [2.75, 3.05) is 17.7 Å². The van der Waals surface area contributed by atoms with Gasteiger partial charge in [0.25, 0.3) is 11.8 Å². The molecule has 0 unspecified atom stereocenters. The number of nitrogens with one attached hydrogen (secondary N) is 2. The summed E-state index contributed by atoms with van der Waals surface area (Å²) in [6.45, 7) is -2.00. The van der Waals surface area contributed by atoms with Crippen LogP contribution < -0.4 is 20.1 Å². The molecular weight excluding hydrogens is 655 g/mol. The van der Waals surface area contributed by atoms with E-state index in [1.807, 2.05) is 5.32 Å². The molecule has 0 bridgehead atoms. The molecule has 0 radical (unpaired) electrons. The fourth-order valence-electron chi connectivity index (χ4n) is 3.69. The van der Waals surface area contributed by atoms with Gasteiger partial charge in [0.2, 0.25) is 0 Å². The predicted octanol–water partition coefficient (Wildman–Crippen LogP) is 8.16. The summed E-state index contributed by atoms with van der Waals surface area (Å²) in [6.07, 6.45) is -13.1. The summed E-state index contributed by atoms with van der Waals surface area (Å²) in [7, 11) is 1.12. The van der Waals surface area contributed by atoms with E-state index in [4.69, 9.17) is 4.74 Å². The second-order valence-electron chi connectivity index (χ2n) is 8.52. The highest BCUT2D eigenvalue weighted by molar-refractivity contribution is 9.10. The molecule has 0 spiro atoms. The molecule has 0 aliphatic carbocycles. The molecule has 42 heavy (non-hydrogen) atoms. The summed E-state index contributed by atoms with van der Waals surface area (Å²) in [5, 5.41) is 4.55. The molecular formula is C26H18BrF9N2O4. The van der Waals surface area contributed by atoms with E-state index in [0.717, 1.165) is 18.7 Å². The fraction of sp³-hybridized carbons (Fsp3) is 0.231. The molecule has 0 aromatic heterocycles. The summed E-state index contributed by atoms with van der Waals surface area (Å²) in [5.41, 5.74) is -8.20. The molecule has 0 fully saturated rings. The monoisotopic (exact) mass is 672 g/mol. The van der Waals surface area contributed by atoms with Crippen molar-refractivity contribution < 1.29 is 58.6 Å². The van der Waals surface area contributed by atoms with Crippen LogP contribution in [-0.4, -0.2) is 37.9 Å². The molecule has 3 rings (SSSR count). The zero-order valence-electron chi connectivity index (χ0n) is 21.2. The smallest absolute Gasteiger partial charge is 0.435 e. The number of hydrogen-bond donors (Lipinski definition) is 2. The summed E-state index contributed by atoms with van der Waals surface area (Å²) in [4.78, 5) is 25.8. The van der Waals surface area contributed by atoms with E-state index in [-0.39, 0.29) is 34.7 Å². The van der Waals surface area contributed by atoms with Crippen LogP contribution in [0.15, 0.2) is 59.1 Å². The Hall–Kier alpha value is -3.95. The van der Waals surface area contributed by atoms with Crippen LogP contribution in [0.4, 0.5) is 50.9 Å². The van der Waals surface area contributed by atoms with E-state index in [1.165, 1.54) is 24.3 Å². The van der Waals surface area contributed by atoms with Crippen molar-refractivity contribution >= 4 is 39.1 Å². The first-order valence-corrected chi connectivity index (χ1v) is 12.2. The van der Waals surface area contributed by atoms with Gasteiger partial charge in [-0.05, 0) is 59.3 Å². The Balaban J connectivity index is 2.04. The lowest BCUT2D eigenvalue weighted by atomic mass is 9.93. The largest absolute Gasteiger partial charge is 0.494 e. The van der Waals surface area contributed by atoms with Crippen LogP contribution >= 0.6 is 15.9 Å². The SMILES string of the molecule is COc1c(NC(=O)c2ccc(C)cc2)cccc1C(=O)Nc1c(Br)cc(C(F)(C(F)(F)F)C(F)(F)F)cc1OC(F)F. The number of para-hydroxylation sites is 1. The highest BCUT2D eigenvalue weighted by Crippen LogP contribution is 2.55. The quantitative estimate of drug-likeness (QED) is 0.237. The van der Waals surface area contributed by atoms with Gasteiger partial charge < -0.3 is 20.1 Å². The number of benzene rings is 3. The van der Waals surface area contributed by atoms with Gasteiger partial charge in [0.1, 0.15) is 0 Å². The summed E-state index contributed by atoms with van der Waals surface area (Å²) < 4.78 is 129. The van der Waals surface area contributed by atoms with Gasteiger partial charge in [-0.2, -0.15) is 35.1 Å². The number of hydrogen-bond acceptors (Lipinski definition) is 4. The van der Waals surface area contributed by atoms with E-state index < -0.39 is 57.9 Å². The van der Waals surface area contributed by atoms with Gasteiger partial charge in [0.05, 0.1) is 24.0 Å². The molecule has 0 aliphatic heterocycles. The van der Waals surface area contributed by atoms with Gasteiger partial charge in [-0.1, -0.05) is 23.8 Å². The number of rotatable bonds is 8. The molecule has 0 saturated heterocycles. The van der Waals surface area contributed by atoms with Crippen molar-refractivity contribution in [3.8, 4) is 11.5 Å². The molecule has 0 aliphatic rings. The van der Waals surface area contributed by atoms with Crippen LogP contribution in [0.2, 0.25) is 0 Å². The third kappa shape index (κ3) is 6.58. The molecule has 16 heteroatoms. The molecule has 226 valence electrons. The Bertz CT molecular complexity index is 1460. The van der Waals surface area contributed by atoms with Crippen LogP contribution in [0.25, 0.3) is 0 Å². The zero-order chi connectivity index (χ0) is 31.6. The standard InChI is InChI=1S/C26H18BrF9N2O4/c1-12-6-8-13(9-7-12)21(39)37-17-5-3-4-15(20(17)41-2)22(40)38-19-16(27)10-14(11-18(19)42-23(28)29)24(30,25(31,32)33)26(34,35)36/h3-11,23H,1-2H3,(H,37,39)(H,38,40). The number of amides is 2. The number of halogens is 10. The average Bonchev–Trinajstić information content (AvgIpc) is 2.88.